The van der Waals surface area contributed by atoms with Gasteiger partial charge in [-0.3, -0.25) is 9.59 Å². The van der Waals surface area contributed by atoms with Crippen LogP contribution in [0.3, 0.4) is 0 Å². The molecule has 0 saturated heterocycles. The average molecular weight is 446 g/mol. The molecule has 2 rings (SSSR count). The third-order valence-corrected chi connectivity index (χ3v) is 5.45. The molecule has 2 amide bonds. The fourth-order valence-electron chi connectivity index (χ4n) is 2.87. The zero-order valence-electron chi connectivity index (χ0n) is 15.4. The van der Waals surface area contributed by atoms with Crippen molar-refractivity contribution in [1.82, 2.24) is 10.2 Å². The first-order valence-corrected chi connectivity index (χ1v) is 9.79. The number of nitrogens with one attached hydrogen (secondary N) is 1. The first-order chi connectivity index (χ1) is 13.3. The van der Waals surface area contributed by atoms with Crippen LogP contribution in [0.2, 0.25) is 15.1 Å². The van der Waals surface area contributed by atoms with E-state index in [-0.39, 0.29) is 29.5 Å². The molecule has 4 nitrogen and oxygen atoms in total. The molecule has 150 valence electrons. The van der Waals surface area contributed by atoms with Crippen LogP contribution in [-0.2, 0) is 22.6 Å². The number of benzene rings is 2. The van der Waals surface area contributed by atoms with Crippen LogP contribution in [0.25, 0.3) is 0 Å². The van der Waals surface area contributed by atoms with Crippen molar-refractivity contribution in [2.45, 2.75) is 32.4 Å². The highest BCUT2D eigenvalue weighted by molar-refractivity contribution is 6.42. The Balaban J connectivity index is 2.37. The van der Waals surface area contributed by atoms with Gasteiger partial charge in [0.05, 0.1) is 16.5 Å². The molecule has 0 aromatic heterocycles. The quantitative estimate of drug-likeness (QED) is 0.660. The smallest absolute Gasteiger partial charge is 0.242 e. The summed E-state index contributed by atoms with van der Waals surface area (Å²) in [6.07, 6.45) is 0.123. The lowest BCUT2D eigenvalue weighted by molar-refractivity contribution is -0.140. The van der Waals surface area contributed by atoms with Gasteiger partial charge in [0.1, 0.15) is 11.9 Å². The second-order valence-corrected chi connectivity index (χ2v) is 7.41. The summed E-state index contributed by atoms with van der Waals surface area (Å²) in [6.45, 7) is 1.92. The topological polar surface area (TPSA) is 49.4 Å². The maximum atomic E-state index is 14.1. The molecular weight excluding hydrogens is 426 g/mol. The van der Waals surface area contributed by atoms with Gasteiger partial charge in [-0.1, -0.05) is 53.9 Å². The summed E-state index contributed by atoms with van der Waals surface area (Å²) in [5.74, 6) is -1.30. The molecule has 0 aliphatic heterocycles. The van der Waals surface area contributed by atoms with Gasteiger partial charge in [-0.2, -0.15) is 0 Å². The first-order valence-electron chi connectivity index (χ1n) is 8.66. The number of nitrogens with zero attached hydrogens (tertiary/aromatic N) is 1. The molecular formula is C20H20Cl3FN2O2. The Labute approximate surface area is 178 Å². The average Bonchev–Trinajstić information content (AvgIpc) is 2.67. The Morgan fingerprint density at radius 2 is 1.82 bits per heavy atom. The lowest BCUT2D eigenvalue weighted by Crippen LogP contribution is -2.48. The predicted molar refractivity (Wildman–Crippen MR) is 110 cm³/mol. The molecule has 0 radical (unpaired) electrons. The summed E-state index contributed by atoms with van der Waals surface area (Å²) in [6, 6.07) is 8.49. The Hall–Kier alpha value is -1.82. The van der Waals surface area contributed by atoms with E-state index in [4.69, 9.17) is 34.8 Å². The summed E-state index contributed by atoms with van der Waals surface area (Å²) in [7, 11) is 1.50. The Morgan fingerprint density at radius 3 is 2.39 bits per heavy atom. The largest absolute Gasteiger partial charge is 0.357 e. The Bertz CT molecular complexity index is 856. The highest BCUT2D eigenvalue weighted by Gasteiger charge is 2.29. The number of carbonyl (C=O) groups is 2. The van der Waals surface area contributed by atoms with Crippen LogP contribution < -0.4 is 5.32 Å². The van der Waals surface area contributed by atoms with Gasteiger partial charge in [0.2, 0.25) is 11.8 Å². The van der Waals surface area contributed by atoms with Gasteiger partial charge in [0, 0.05) is 24.2 Å². The zero-order valence-corrected chi connectivity index (χ0v) is 17.7. The third-order valence-electron chi connectivity index (χ3n) is 4.36. The molecule has 1 atom stereocenters. The van der Waals surface area contributed by atoms with Gasteiger partial charge in [-0.05, 0) is 36.2 Å². The van der Waals surface area contributed by atoms with E-state index in [0.29, 0.717) is 22.0 Å². The number of halogens is 4. The van der Waals surface area contributed by atoms with E-state index in [2.05, 4.69) is 5.32 Å². The van der Waals surface area contributed by atoms with E-state index in [0.717, 1.165) is 0 Å². The second kappa shape index (κ2) is 10.1. The number of rotatable bonds is 7. The van der Waals surface area contributed by atoms with Crippen molar-refractivity contribution >= 4 is 46.6 Å². The summed E-state index contributed by atoms with van der Waals surface area (Å²) < 4.78 is 14.1. The molecule has 28 heavy (non-hydrogen) atoms. The molecule has 0 fully saturated rings. The molecule has 0 spiro atoms. The van der Waals surface area contributed by atoms with E-state index in [1.807, 2.05) is 0 Å². The Kier molecular flexibility index (Phi) is 8.10. The summed E-state index contributed by atoms with van der Waals surface area (Å²) in [5.41, 5.74) is 0.796. The SMILES string of the molecule is CC[C@H](C(=O)NC)N(Cc1ccc(Cl)c(Cl)c1)C(=O)Cc1c(F)cccc1Cl. The maximum absolute atomic E-state index is 14.1. The number of amides is 2. The summed E-state index contributed by atoms with van der Waals surface area (Å²) in [4.78, 5) is 26.8. The normalized spacial score (nSPS) is 11.8. The van der Waals surface area contributed by atoms with Gasteiger partial charge in [0.25, 0.3) is 0 Å². The van der Waals surface area contributed by atoms with Gasteiger partial charge >= 0.3 is 0 Å². The van der Waals surface area contributed by atoms with Crippen molar-refractivity contribution in [2.75, 3.05) is 7.05 Å². The lowest BCUT2D eigenvalue weighted by Gasteiger charge is -2.30. The molecule has 0 heterocycles. The fourth-order valence-corrected chi connectivity index (χ4v) is 3.43. The van der Waals surface area contributed by atoms with Crippen LogP contribution in [0.1, 0.15) is 24.5 Å². The molecule has 2 aromatic carbocycles. The van der Waals surface area contributed by atoms with Crippen LogP contribution in [-0.4, -0.2) is 29.8 Å². The number of hydrogen-bond donors (Lipinski definition) is 1. The van der Waals surface area contributed by atoms with Crippen molar-refractivity contribution in [1.29, 1.82) is 0 Å². The van der Waals surface area contributed by atoms with E-state index < -0.39 is 17.8 Å². The van der Waals surface area contributed by atoms with E-state index in [1.165, 1.54) is 30.1 Å². The molecule has 8 heteroatoms. The maximum Gasteiger partial charge on any atom is 0.242 e. The number of carbonyl (C=O) groups excluding carboxylic acids is 2. The molecule has 2 aromatic rings. The number of likely N-dealkylation sites (N-methyl/N-ethyl adjacent to an activating group) is 1. The van der Waals surface area contributed by atoms with Crippen LogP contribution in [0.5, 0.6) is 0 Å². The summed E-state index contributed by atoms with van der Waals surface area (Å²) in [5, 5.41) is 3.46. The minimum absolute atomic E-state index is 0.0973. The second-order valence-electron chi connectivity index (χ2n) is 6.19. The van der Waals surface area contributed by atoms with E-state index >= 15 is 0 Å². The predicted octanol–water partition coefficient (Wildman–Crippen LogP) is 4.88. The van der Waals surface area contributed by atoms with Crippen molar-refractivity contribution in [3.8, 4) is 0 Å². The highest BCUT2D eigenvalue weighted by atomic mass is 35.5. The molecule has 0 bridgehead atoms. The van der Waals surface area contributed by atoms with E-state index in [1.54, 1.807) is 25.1 Å². The van der Waals surface area contributed by atoms with Crippen molar-refractivity contribution in [3.63, 3.8) is 0 Å². The van der Waals surface area contributed by atoms with Crippen molar-refractivity contribution in [2.24, 2.45) is 0 Å². The van der Waals surface area contributed by atoms with Crippen molar-refractivity contribution in [3.05, 3.63) is 68.4 Å². The van der Waals surface area contributed by atoms with Crippen LogP contribution in [0.15, 0.2) is 36.4 Å². The third kappa shape index (κ3) is 5.37. The summed E-state index contributed by atoms with van der Waals surface area (Å²) >= 11 is 18.1. The van der Waals surface area contributed by atoms with Crippen LogP contribution in [0, 0.1) is 5.82 Å². The van der Waals surface area contributed by atoms with Gasteiger partial charge in [-0.25, -0.2) is 4.39 Å². The van der Waals surface area contributed by atoms with Crippen LogP contribution in [0.4, 0.5) is 4.39 Å². The van der Waals surface area contributed by atoms with Gasteiger partial charge < -0.3 is 10.2 Å². The molecule has 0 unspecified atom stereocenters. The van der Waals surface area contributed by atoms with E-state index in [9.17, 15) is 14.0 Å². The highest BCUT2D eigenvalue weighted by Crippen LogP contribution is 2.25. The monoisotopic (exact) mass is 444 g/mol. The van der Waals surface area contributed by atoms with Crippen molar-refractivity contribution < 1.29 is 14.0 Å². The first kappa shape index (κ1) is 22.5. The molecule has 0 aliphatic rings. The molecule has 0 aliphatic carbocycles. The Morgan fingerprint density at radius 1 is 1.11 bits per heavy atom. The van der Waals surface area contributed by atoms with Gasteiger partial charge in [0.15, 0.2) is 0 Å². The van der Waals surface area contributed by atoms with Crippen LogP contribution >= 0.6 is 34.8 Å². The van der Waals surface area contributed by atoms with Gasteiger partial charge in [-0.15, -0.1) is 0 Å². The minimum atomic E-state index is -0.725. The zero-order chi connectivity index (χ0) is 20.8. The number of hydrogen-bond acceptors (Lipinski definition) is 2. The minimum Gasteiger partial charge on any atom is -0.357 e. The molecule has 0 saturated carbocycles. The standard InChI is InChI=1S/C20H20Cl3FN2O2/c1-3-18(20(28)25-2)26(11-12-7-8-15(22)16(23)9-12)19(27)10-13-14(21)5-4-6-17(13)24/h4-9,18H,3,10-11H2,1-2H3,(H,25,28)/t18-/m1/s1. The lowest BCUT2D eigenvalue weighted by atomic mass is 10.1. The molecule has 1 N–H and O–H groups in total. The fraction of sp³-hybridized carbons (Fsp3) is 0.300.